The number of fused-ring (bicyclic) bond motifs is 1. The molecule has 1 fully saturated rings. The van der Waals surface area contributed by atoms with E-state index in [4.69, 9.17) is 14.2 Å². The molecule has 5 heteroatoms. The van der Waals surface area contributed by atoms with Gasteiger partial charge in [-0.2, -0.15) is 0 Å². The molecule has 0 amide bonds. The van der Waals surface area contributed by atoms with Gasteiger partial charge in [-0.25, -0.2) is 0 Å². The van der Waals surface area contributed by atoms with Gasteiger partial charge in [0.1, 0.15) is 0 Å². The van der Waals surface area contributed by atoms with Crippen molar-refractivity contribution in [2.45, 2.75) is 25.0 Å². The van der Waals surface area contributed by atoms with Gasteiger partial charge in [0.2, 0.25) is 6.79 Å². The van der Waals surface area contributed by atoms with Gasteiger partial charge in [-0.3, -0.25) is 0 Å². The van der Waals surface area contributed by atoms with Gasteiger partial charge in [0.25, 0.3) is 0 Å². The summed E-state index contributed by atoms with van der Waals surface area (Å²) in [4.78, 5) is 2.12. The van der Waals surface area contributed by atoms with Gasteiger partial charge in [0.05, 0.1) is 12.2 Å². The molecule has 110 valence electrons. The fourth-order valence-electron chi connectivity index (χ4n) is 2.73. The van der Waals surface area contributed by atoms with E-state index in [1.807, 2.05) is 25.2 Å². The van der Waals surface area contributed by atoms with Crippen molar-refractivity contribution in [3.8, 4) is 11.5 Å². The Balaban J connectivity index is 1.56. The summed E-state index contributed by atoms with van der Waals surface area (Å²) in [5.41, 5.74) is 0.855. The first-order valence-corrected chi connectivity index (χ1v) is 7.10. The fraction of sp³-hybridized carbons (Fsp3) is 0.600. The van der Waals surface area contributed by atoms with E-state index in [9.17, 15) is 5.11 Å². The third-order valence-corrected chi connectivity index (χ3v) is 3.81. The van der Waals surface area contributed by atoms with E-state index in [2.05, 4.69) is 4.90 Å². The largest absolute Gasteiger partial charge is 0.454 e. The van der Waals surface area contributed by atoms with Gasteiger partial charge in [-0.1, -0.05) is 6.07 Å². The van der Waals surface area contributed by atoms with Crippen LogP contribution in [0.2, 0.25) is 0 Å². The molecule has 1 aromatic carbocycles. The number of hydrogen-bond acceptors (Lipinski definition) is 5. The predicted molar refractivity (Wildman–Crippen MR) is 74.0 cm³/mol. The van der Waals surface area contributed by atoms with Crippen molar-refractivity contribution >= 4 is 0 Å². The van der Waals surface area contributed by atoms with Crippen LogP contribution in [-0.2, 0) is 4.74 Å². The first-order valence-electron chi connectivity index (χ1n) is 7.10. The Labute approximate surface area is 119 Å². The molecule has 0 spiro atoms. The molecule has 20 heavy (non-hydrogen) atoms. The standard InChI is InChI=1S/C15H21NO4/c1-16(8-12-3-2-6-18-12)9-13(17)11-4-5-14-15(7-11)20-10-19-14/h4-5,7,12-13,17H,2-3,6,8-10H2,1H3. The van der Waals surface area contributed by atoms with Crippen LogP contribution in [0.1, 0.15) is 24.5 Å². The lowest BCUT2D eigenvalue weighted by atomic mass is 10.1. The van der Waals surface area contributed by atoms with Gasteiger partial charge in [0.15, 0.2) is 11.5 Å². The number of ether oxygens (including phenoxy) is 3. The second-order valence-corrected chi connectivity index (χ2v) is 5.48. The summed E-state index contributed by atoms with van der Waals surface area (Å²) in [6.45, 7) is 2.57. The lowest BCUT2D eigenvalue weighted by Gasteiger charge is -2.23. The Morgan fingerprint density at radius 2 is 2.20 bits per heavy atom. The van der Waals surface area contributed by atoms with E-state index >= 15 is 0 Å². The van der Waals surface area contributed by atoms with Crippen LogP contribution < -0.4 is 9.47 Å². The molecule has 2 heterocycles. The number of nitrogens with zero attached hydrogens (tertiary/aromatic N) is 1. The van der Waals surface area contributed by atoms with Crippen molar-refractivity contribution in [3.63, 3.8) is 0 Å². The summed E-state index contributed by atoms with van der Waals surface area (Å²) in [5.74, 6) is 1.46. The van der Waals surface area contributed by atoms with Crippen molar-refractivity contribution in [3.05, 3.63) is 23.8 Å². The number of hydrogen-bond donors (Lipinski definition) is 1. The van der Waals surface area contributed by atoms with Crippen LogP contribution in [-0.4, -0.2) is 49.6 Å². The Morgan fingerprint density at radius 1 is 1.35 bits per heavy atom. The molecule has 1 aromatic rings. The average molecular weight is 279 g/mol. The third kappa shape index (κ3) is 3.06. The Bertz CT molecular complexity index is 459. The lowest BCUT2D eigenvalue weighted by Crippen LogP contribution is -2.32. The van der Waals surface area contributed by atoms with Crippen molar-refractivity contribution < 1.29 is 19.3 Å². The van der Waals surface area contributed by atoms with Crippen LogP contribution in [0, 0.1) is 0 Å². The Hall–Kier alpha value is -1.30. The molecule has 0 aromatic heterocycles. The maximum Gasteiger partial charge on any atom is 0.231 e. The summed E-state index contributed by atoms with van der Waals surface area (Å²) in [5, 5.41) is 10.3. The van der Waals surface area contributed by atoms with Gasteiger partial charge >= 0.3 is 0 Å². The highest BCUT2D eigenvalue weighted by atomic mass is 16.7. The predicted octanol–water partition coefficient (Wildman–Crippen LogP) is 1.56. The number of likely N-dealkylation sites (N-methyl/N-ethyl adjacent to an activating group) is 1. The van der Waals surface area contributed by atoms with E-state index in [-0.39, 0.29) is 6.79 Å². The molecule has 0 bridgehead atoms. The third-order valence-electron chi connectivity index (χ3n) is 3.81. The Kier molecular flexibility index (Phi) is 4.10. The Morgan fingerprint density at radius 3 is 3.00 bits per heavy atom. The highest BCUT2D eigenvalue weighted by Crippen LogP contribution is 2.34. The molecule has 1 saturated heterocycles. The maximum absolute atomic E-state index is 10.3. The molecule has 0 saturated carbocycles. The highest BCUT2D eigenvalue weighted by molar-refractivity contribution is 5.45. The molecule has 2 unspecified atom stereocenters. The quantitative estimate of drug-likeness (QED) is 0.886. The monoisotopic (exact) mass is 279 g/mol. The van der Waals surface area contributed by atoms with E-state index in [1.165, 1.54) is 0 Å². The molecule has 0 radical (unpaired) electrons. The molecule has 0 aliphatic carbocycles. The lowest BCUT2D eigenvalue weighted by molar-refractivity contribution is 0.0601. The number of aliphatic hydroxyl groups is 1. The van der Waals surface area contributed by atoms with Crippen LogP contribution in [0.4, 0.5) is 0 Å². The van der Waals surface area contributed by atoms with E-state index < -0.39 is 6.10 Å². The molecule has 1 N–H and O–H groups in total. The van der Waals surface area contributed by atoms with E-state index in [0.717, 1.165) is 37.3 Å². The first kappa shape index (κ1) is 13.7. The molecule has 5 nitrogen and oxygen atoms in total. The average Bonchev–Trinajstić information content (AvgIpc) is 3.07. The molecule has 2 atom stereocenters. The summed E-state index contributed by atoms with van der Waals surface area (Å²) in [6, 6.07) is 5.59. The zero-order valence-corrected chi connectivity index (χ0v) is 11.7. The minimum absolute atomic E-state index is 0.258. The van der Waals surface area contributed by atoms with Crippen LogP contribution in [0.15, 0.2) is 18.2 Å². The van der Waals surface area contributed by atoms with Crippen molar-refractivity contribution in [2.75, 3.05) is 33.5 Å². The highest BCUT2D eigenvalue weighted by Gasteiger charge is 2.21. The fourth-order valence-corrected chi connectivity index (χ4v) is 2.73. The molecule has 3 rings (SSSR count). The summed E-state index contributed by atoms with van der Waals surface area (Å²) >= 11 is 0. The van der Waals surface area contributed by atoms with E-state index in [1.54, 1.807) is 0 Å². The van der Waals surface area contributed by atoms with E-state index in [0.29, 0.717) is 18.4 Å². The minimum atomic E-state index is -0.532. The van der Waals surface area contributed by atoms with Gasteiger partial charge in [-0.05, 0) is 37.6 Å². The zero-order valence-electron chi connectivity index (χ0n) is 11.7. The van der Waals surface area contributed by atoms with Crippen molar-refractivity contribution in [1.82, 2.24) is 4.90 Å². The van der Waals surface area contributed by atoms with Crippen LogP contribution in [0.5, 0.6) is 11.5 Å². The SMILES string of the molecule is CN(CC1CCCO1)CC(O)c1ccc2c(c1)OCO2. The number of benzene rings is 1. The second kappa shape index (κ2) is 5.99. The molecular weight excluding hydrogens is 258 g/mol. The normalized spacial score (nSPS) is 22.4. The maximum atomic E-state index is 10.3. The smallest absolute Gasteiger partial charge is 0.231 e. The number of rotatable bonds is 5. The summed E-state index contributed by atoms with van der Waals surface area (Å²) in [7, 11) is 2.01. The van der Waals surface area contributed by atoms with Crippen molar-refractivity contribution in [2.24, 2.45) is 0 Å². The summed E-state index contributed by atoms with van der Waals surface area (Å²) in [6.07, 6.45) is 2.04. The zero-order chi connectivity index (χ0) is 13.9. The topological polar surface area (TPSA) is 51.2 Å². The first-order chi connectivity index (χ1) is 9.72. The molecule has 2 aliphatic heterocycles. The van der Waals surface area contributed by atoms with Crippen LogP contribution >= 0.6 is 0 Å². The van der Waals surface area contributed by atoms with Gasteiger partial charge in [-0.15, -0.1) is 0 Å². The molecule has 2 aliphatic rings. The minimum Gasteiger partial charge on any atom is -0.454 e. The number of aliphatic hydroxyl groups excluding tert-OH is 1. The molecular formula is C15H21NO4. The van der Waals surface area contributed by atoms with Crippen LogP contribution in [0.3, 0.4) is 0 Å². The summed E-state index contributed by atoms with van der Waals surface area (Å²) < 4.78 is 16.2. The van der Waals surface area contributed by atoms with Gasteiger partial charge in [0, 0.05) is 19.7 Å². The van der Waals surface area contributed by atoms with Crippen molar-refractivity contribution in [1.29, 1.82) is 0 Å². The van der Waals surface area contributed by atoms with Crippen LogP contribution in [0.25, 0.3) is 0 Å². The van der Waals surface area contributed by atoms with Gasteiger partial charge < -0.3 is 24.2 Å². The second-order valence-electron chi connectivity index (χ2n) is 5.48.